The van der Waals surface area contributed by atoms with Crippen molar-refractivity contribution in [3.63, 3.8) is 0 Å². The van der Waals surface area contributed by atoms with E-state index in [9.17, 15) is 9.59 Å². The molecule has 1 atom stereocenters. The summed E-state index contributed by atoms with van der Waals surface area (Å²) in [4.78, 5) is 25.2. The third-order valence-corrected chi connectivity index (χ3v) is 3.58. The highest BCUT2D eigenvalue weighted by Gasteiger charge is 2.39. The fraction of sp³-hybridized carbons (Fsp3) is 0.500. The first-order chi connectivity index (χ1) is 9.59. The average Bonchev–Trinajstić information content (AvgIpc) is 2.71. The molecule has 4 heteroatoms. The quantitative estimate of drug-likeness (QED) is 0.635. The highest BCUT2D eigenvalue weighted by molar-refractivity contribution is 6.05. The molecule has 4 nitrogen and oxygen atoms in total. The molecule has 1 N–H and O–H groups in total. The van der Waals surface area contributed by atoms with Crippen LogP contribution in [0.5, 0.6) is 0 Å². The molecule has 0 aliphatic carbocycles. The SMILES string of the molecule is CC(C)N1C(=O)CC(NCCCc2ccccc2)C1=O. The fourth-order valence-electron chi connectivity index (χ4n) is 2.57. The summed E-state index contributed by atoms with van der Waals surface area (Å²) in [7, 11) is 0. The van der Waals surface area contributed by atoms with Crippen LogP contribution in [0, 0.1) is 0 Å². The zero-order valence-electron chi connectivity index (χ0n) is 12.1. The van der Waals surface area contributed by atoms with Gasteiger partial charge in [0.2, 0.25) is 11.8 Å². The lowest BCUT2D eigenvalue weighted by atomic mass is 10.1. The number of hydrogen-bond donors (Lipinski definition) is 1. The lowest BCUT2D eigenvalue weighted by Gasteiger charge is -2.19. The van der Waals surface area contributed by atoms with E-state index in [0.717, 1.165) is 19.4 Å². The number of carbonyl (C=O) groups excluding carboxylic acids is 2. The van der Waals surface area contributed by atoms with Gasteiger partial charge in [0.05, 0.1) is 12.5 Å². The third kappa shape index (κ3) is 3.45. The molecule has 2 amide bonds. The van der Waals surface area contributed by atoms with Crippen molar-refractivity contribution in [3.05, 3.63) is 35.9 Å². The molecule has 0 bridgehead atoms. The van der Waals surface area contributed by atoms with Crippen molar-refractivity contribution >= 4 is 11.8 Å². The normalized spacial score (nSPS) is 19.1. The number of amides is 2. The van der Waals surface area contributed by atoms with E-state index in [1.165, 1.54) is 10.5 Å². The number of benzene rings is 1. The van der Waals surface area contributed by atoms with Crippen LogP contribution in [0.3, 0.4) is 0 Å². The largest absolute Gasteiger partial charge is 0.305 e. The van der Waals surface area contributed by atoms with Crippen LogP contribution in [-0.2, 0) is 16.0 Å². The Hall–Kier alpha value is -1.68. The van der Waals surface area contributed by atoms with Crippen LogP contribution in [0.25, 0.3) is 0 Å². The van der Waals surface area contributed by atoms with Gasteiger partial charge in [-0.25, -0.2) is 0 Å². The van der Waals surface area contributed by atoms with Crippen LogP contribution in [0.4, 0.5) is 0 Å². The molecular formula is C16H22N2O2. The van der Waals surface area contributed by atoms with Gasteiger partial charge in [-0.3, -0.25) is 14.5 Å². The molecule has 1 aromatic rings. The number of aryl methyl sites for hydroxylation is 1. The molecule has 1 aromatic carbocycles. The van der Waals surface area contributed by atoms with E-state index in [4.69, 9.17) is 0 Å². The second kappa shape index (κ2) is 6.66. The standard InChI is InChI=1S/C16H22N2O2/c1-12(2)18-15(19)11-14(16(18)20)17-10-6-9-13-7-4-3-5-8-13/h3-5,7-8,12,14,17H,6,9-11H2,1-2H3. The van der Waals surface area contributed by atoms with E-state index < -0.39 is 0 Å². The van der Waals surface area contributed by atoms with Crippen LogP contribution < -0.4 is 5.32 Å². The molecule has 1 unspecified atom stereocenters. The molecule has 0 saturated carbocycles. The van der Waals surface area contributed by atoms with Crippen molar-refractivity contribution < 1.29 is 9.59 Å². The molecule has 1 aliphatic heterocycles. The molecule has 20 heavy (non-hydrogen) atoms. The van der Waals surface area contributed by atoms with Crippen molar-refractivity contribution in [2.45, 2.75) is 45.2 Å². The number of hydrogen-bond acceptors (Lipinski definition) is 3. The van der Waals surface area contributed by atoms with E-state index in [1.807, 2.05) is 32.0 Å². The maximum atomic E-state index is 12.1. The van der Waals surface area contributed by atoms with Gasteiger partial charge in [0, 0.05) is 6.04 Å². The molecule has 0 aromatic heterocycles. The molecule has 1 saturated heterocycles. The smallest absolute Gasteiger partial charge is 0.247 e. The minimum atomic E-state index is -0.333. The fourth-order valence-corrected chi connectivity index (χ4v) is 2.57. The van der Waals surface area contributed by atoms with Crippen molar-refractivity contribution in [2.24, 2.45) is 0 Å². The minimum absolute atomic E-state index is 0.0499. The minimum Gasteiger partial charge on any atom is -0.305 e. The van der Waals surface area contributed by atoms with E-state index >= 15 is 0 Å². The van der Waals surface area contributed by atoms with Crippen molar-refractivity contribution in [3.8, 4) is 0 Å². The first kappa shape index (κ1) is 14.7. The topological polar surface area (TPSA) is 49.4 Å². The highest BCUT2D eigenvalue weighted by Crippen LogP contribution is 2.16. The van der Waals surface area contributed by atoms with Gasteiger partial charge in [0.15, 0.2) is 0 Å². The van der Waals surface area contributed by atoms with Crippen LogP contribution in [0.15, 0.2) is 30.3 Å². The monoisotopic (exact) mass is 274 g/mol. The first-order valence-corrected chi connectivity index (χ1v) is 7.23. The maximum Gasteiger partial charge on any atom is 0.247 e. The summed E-state index contributed by atoms with van der Waals surface area (Å²) in [5.74, 6) is -0.143. The number of rotatable bonds is 6. The van der Waals surface area contributed by atoms with Gasteiger partial charge in [0.25, 0.3) is 0 Å². The Balaban J connectivity index is 1.75. The van der Waals surface area contributed by atoms with Gasteiger partial charge in [0.1, 0.15) is 0 Å². The summed E-state index contributed by atoms with van der Waals surface area (Å²) in [5.41, 5.74) is 1.30. The van der Waals surface area contributed by atoms with Gasteiger partial charge in [-0.05, 0) is 38.8 Å². The summed E-state index contributed by atoms with van der Waals surface area (Å²) < 4.78 is 0. The summed E-state index contributed by atoms with van der Waals surface area (Å²) in [6.45, 7) is 4.49. The predicted molar refractivity (Wildman–Crippen MR) is 78.2 cm³/mol. The average molecular weight is 274 g/mol. The molecule has 1 fully saturated rings. The zero-order chi connectivity index (χ0) is 14.5. The van der Waals surface area contributed by atoms with Crippen LogP contribution in [-0.4, -0.2) is 35.3 Å². The summed E-state index contributed by atoms with van der Waals surface area (Å²) in [6.07, 6.45) is 2.24. The van der Waals surface area contributed by atoms with Gasteiger partial charge in [-0.1, -0.05) is 30.3 Å². The molecule has 2 rings (SSSR count). The highest BCUT2D eigenvalue weighted by atomic mass is 16.2. The molecule has 0 radical (unpaired) electrons. The lowest BCUT2D eigenvalue weighted by Crippen LogP contribution is -2.42. The Labute approximate surface area is 120 Å². The van der Waals surface area contributed by atoms with E-state index in [1.54, 1.807) is 0 Å². The second-order valence-electron chi connectivity index (χ2n) is 5.50. The molecular weight excluding hydrogens is 252 g/mol. The molecule has 0 spiro atoms. The van der Waals surface area contributed by atoms with Crippen molar-refractivity contribution in [1.29, 1.82) is 0 Å². The number of carbonyl (C=O) groups is 2. The van der Waals surface area contributed by atoms with Gasteiger partial charge in [-0.2, -0.15) is 0 Å². The number of likely N-dealkylation sites (tertiary alicyclic amines) is 1. The Morgan fingerprint density at radius 3 is 2.55 bits per heavy atom. The summed E-state index contributed by atoms with van der Waals surface area (Å²) in [6, 6.07) is 9.89. The number of nitrogens with zero attached hydrogens (tertiary/aromatic N) is 1. The predicted octanol–water partition coefficient (Wildman–Crippen LogP) is 1.74. The van der Waals surface area contributed by atoms with E-state index in [2.05, 4.69) is 17.4 Å². The Morgan fingerprint density at radius 1 is 1.25 bits per heavy atom. The lowest BCUT2D eigenvalue weighted by molar-refractivity contribution is -0.140. The van der Waals surface area contributed by atoms with Gasteiger partial charge in [-0.15, -0.1) is 0 Å². The second-order valence-corrected chi connectivity index (χ2v) is 5.50. The molecule has 1 aliphatic rings. The summed E-state index contributed by atoms with van der Waals surface area (Å²) in [5, 5.41) is 3.20. The zero-order valence-corrected chi connectivity index (χ0v) is 12.1. The number of nitrogens with one attached hydrogen (secondary N) is 1. The molecule has 1 heterocycles. The third-order valence-electron chi connectivity index (χ3n) is 3.58. The Bertz CT molecular complexity index is 471. The Kier molecular flexibility index (Phi) is 4.90. The maximum absolute atomic E-state index is 12.1. The molecule has 108 valence electrons. The number of imide groups is 1. The van der Waals surface area contributed by atoms with Gasteiger partial charge >= 0.3 is 0 Å². The summed E-state index contributed by atoms with van der Waals surface area (Å²) >= 11 is 0. The van der Waals surface area contributed by atoms with Crippen LogP contribution >= 0.6 is 0 Å². The Morgan fingerprint density at radius 2 is 1.95 bits per heavy atom. The van der Waals surface area contributed by atoms with E-state index in [0.29, 0.717) is 6.42 Å². The van der Waals surface area contributed by atoms with Crippen LogP contribution in [0.2, 0.25) is 0 Å². The van der Waals surface area contributed by atoms with Gasteiger partial charge < -0.3 is 5.32 Å². The van der Waals surface area contributed by atoms with Crippen LogP contribution in [0.1, 0.15) is 32.3 Å². The van der Waals surface area contributed by atoms with Crippen molar-refractivity contribution in [1.82, 2.24) is 10.2 Å². The van der Waals surface area contributed by atoms with E-state index in [-0.39, 0.29) is 23.9 Å². The first-order valence-electron chi connectivity index (χ1n) is 7.23. The van der Waals surface area contributed by atoms with Crippen molar-refractivity contribution in [2.75, 3.05) is 6.54 Å².